The molecule has 4 aromatic rings. The van der Waals surface area contributed by atoms with Gasteiger partial charge in [0.1, 0.15) is 17.1 Å². The third-order valence-electron chi connectivity index (χ3n) is 4.73. The first kappa shape index (κ1) is 18.6. The monoisotopic (exact) mass is 392 g/mol. The molecule has 0 aliphatic heterocycles. The number of carbonyl (C=O) groups excluding carboxylic acids is 1. The molecule has 0 radical (unpaired) electrons. The molecule has 0 spiro atoms. The number of methoxy groups -OCH3 is 1. The molecule has 0 saturated carbocycles. The topological polar surface area (TPSA) is 99.2 Å². The third kappa shape index (κ3) is 3.54. The Morgan fingerprint density at radius 2 is 2.10 bits per heavy atom. The van der Waals surface area contributed by atoms with Gasteiger partial charge < -0.3 is 9.64 Å². The van der Waals surface area contributed by atoms with Crippen LogP contribution in [0.1, 0.15) is 21.7 Å². The van der Waals surface area contributed by atoms with Crippen molar-refractivity contribution in [2.75, 3.05) is 14.2 Å². The second kappa shape index (κ2) is 7.34. The summed E-state index contributed by atoms with van der Waals surface area (Å²) in [5.74, 6) is 0.513. The maximum Gasteiger partial charge on any atom is 0.254 e. The number of amides is 1. The van der Waals surface area contributed by atoms with E-state index in [1.807, 2.05) is 31.4 Å². The Kier molecular flexibility index (Phi) is 4.71. The summed E-state index contributed by atoms with van der Waals surface area (Å²) >= 11 is 0. The molecule has 0 aliphatic carbocycles. The molecule has 9 heteroatoms. The number of aryl methyl sites for hydroxylation is 2. The Balaban J connectivity index is 1.80. The smallest absolute Gasteiger partial charge is 0.254 e. The fraction of sp³-hybridized carbons (Fsp3) is 0.250. The van der Waals surface area contributed by atoms with E-state index in [2.05, 4.69) is 15.4 Å². The number of carbonyl (C=O) groups is 1. The van der Waals surface area contributed by atoms with E-state index in [9.17, 15) is 4.79 Å². The molecule has 0 aliphatic rings. The maximum atomic E-state index is 13.3. The molecule has 0 fully saturated rings. The van der Waals surface area contributed by atoms with E-state index < -0.39 is 0 Å². The number of fused-ring (bicyclic) bond motifs is 1. The third-order valence-corrected chi connectivity index (χ3v) is 4.73. The molecule has 3 aromatic heterocycles. The highest BCUT2D eigenvalue weighted by Gasteiger charge is 2.20. The number of aromatic nitrogens is 5. The average molecular weight is 392 g/mol. The molecule has 148 valence electrons. The van der Waals surface area contributed by atoms with Gasteiger partial charge in [-0.3, -0.25) is 9.48 Å². The van der Waals surface area contributed by atoms with Crippen molar-refractivity contribution in [3.63, 3.8) is 0 Å². The van der Waals surface area contributed by atoms with Crippen molar-refractivity contribution in [1.29, 1.82) is 0 Å². The summed E-state index contributed by atoms with van der Waals surface area (Å²) in [6.45, 7) is 2.08. The van der Waals surface area contributed by atoms with Gasteiger partial charge in [0.25, 0.3) is 5.91 Å². The zero-order chi connectivity index (χ0) is 20.5. The van der Waals surface area contributed by atoms with Crippen LogP contribution in [-0.2, 0) is 13.6 Å². The Morgan fingerprint density at radius 3 is 2.76 bits per heavy atom. The van der Waals surface area contributed by atoms with Crippen LogP contribution in [0.2, 0.25) is 0 Å². The van der Waals surface area contributed by atoms with E-state index in [-0.39, 0.29) is 12.5 Å². The van der Waals surface area contributed by atoms with Gasteiger partial charge in [0.15, 0.2) is 0 Å². The minimum atomic E-state index is -0.157. The number of pyridine rings is 1. The van der Waals surface area contributed by atoms with Crippen LogP contribution in [0.3, 0.4) is 0 Å². The Bertz CT molecular complexity index is 1200. The van der Waals surface area contributed by atoms with E-state index in [4.69, 9.17) is 14.3 Å². The summed E-state index contributed by atoms with van der Waals surface area (Å²) < 4.78 is 11.8. The standard InChI is InChI=1S/C20H20N6O3/c1-12-19(24-29-23-12)11-25(2)20(27)16-8-17(13-9-21-26(3)10-13)22-18-7-14(28-4)5-6-15(16)18/h5-10H,11H2,1-4H3. The van der Waals surface area contributed by atoms with E-state index in [0.717, 1.165) is 10.9 Å². The molecule has 0 bridgehead atoms. The second-order valence-corrected chi connectivity index (χ2v) is 6.80. The Labute approximate surface area is 166 Å². The van der Waals surface area contributed by atoms with Crippen LogP contribution in [0.4, 0.5) is 0 Å². The predicted octanol–water partition coefficient (Wildman–Crippen LogP) is 2.61. The molecule has 0 N–H and O–H groups in total. The minimum absolute atomic E-state index is 0.157. The fourth-order valence-electron chi connectivity index (χ4n) is 3.11. The molecule has 1 amide bonds. The van der Waals surface area contributed by atoms with Crippen LogP contribution < -0.4 is 4.74 Å². The average Bonchev–Trinajstić information content (AvgIpc) is 3.34. The predicted molar refractivity (Wildman–Crippen MR) is 105 cm³/mol. The number of ether oxygens (including phenoxy) is 1. The first-order chi connectivity index (χ1) is 14.0. The molecule has 29 heavy (non-hydrogen) atoms. The van der Waals surface area contributed by atoms with Crippen LogP contribution in [0.25, 0.3) is 22.2 Å². The van der Waals surface area contributed by atoms with Gasteiger partial charge in [-0.25, -0.2) is 9.61 Å². The number of benzene rings is 1. The molecule has 0 atom stereocenters. The molecule has 3 heterocycles. The lowest BCUT2D eigenvalue weighted by Gasteiger charge is -2.18. The highest BCUT2D eigenvalue weighted by atomic mass is 16.6. The van der Waals surface area contributed by atoms with E-state index in [1.165, 1.54) is 0 Å². The Hall–Kier alpha value is -3.75. The van der Waals surface area contributed by atoms with Gasteiger partial charge in [-0.1, -0.05) is 10.3 Å². The molecular formula is C20H20N6O3. The van der Waals surface area contributed by atoms with Crippen LogP contribution in [0.15, 0.2) is 41.3 Å². The summed E-state index contributed by atoms with van der Waals surface area (Å²) in [6, 6.07) is 7.27. The summed E-state index contributed by atoms with van der Waals surface area (Å²) in [4.78, 5) is 19.6. The lowest BCUT2D eigenvalue weighted by atomic mass is 10.0. The quantitative estimate of drug-likeness (QED) is 0.515. The van der Waals surface area contributed by atoms with Crippen molar-refractivity contribution < 1.29 is 14.2 Å². The van der Waals surface area contributed by atoms with Gasteiger partial charge in [-0.2, -0.15) is 5.10 Å². The highest BCUT2D eigenvalue weighted by Crippen LogP contribution is 2.28. The van der Waals surface area contributed by atoms with Crippen molar-refractivity contribution >= 4 is 16.8 Å². The van der Waals surface area contributed by atoms with Crippen molar-refractivity contribution in [2.45, 2.75) is 13.5 Å². The van der Waals surface area contributed by atoms with Gasteiger partial charge in [0, 0.05) is 37.3 Å². The molecule has 4 rings (SSSR count). The summed E-state index contributed by atoms with van der Waals surface area (Å²) in [5, 5.41) is 12.6. The van der Waals surface area contributed by atoms with Gasteiger partial charge in [-0.15, -0.1) is 0 Å². The summed E-state index contributed by atoms with van der Waals surface area (Å²) in [7, 11) is 5.15. The lowest BCUT2D eigenvalue weighted by molar-refractivity contribution is 0.0783. The Morgan fingerprint density at radius 1 is 1.28 bits per heavy atom. The van der Waals surface area contributed by atoms with Crippen LogP contribution in [0.5, 0.6) is 5.75 Å². The summed E-state index contributed by atoms with van der Waals surface area (Å²) in [6.07, 6.45) is 3.58. The second-order valence-electron chi connectivity index (χ2n) is 6.80. The van der Waals surface area contributed by atoms with Crippen molar-refractivity contribution in [2.24, 2.45) is 7.05 Å². The zero-order valence-electron chi connectivity index (χ0n) is 16.6. The van der Waals surface area contributed by atoms with Crippen molar-refractivity contribution in [3.8, 4) is 17.0 Å². The maximum absolute atomic E-state index is 13.3. The number of hydrogen-bond donors (Lipinski definition) is 0. The summed E-state index contributed by atoms with van der Waals surface area (Å²) in [5.41, 5.74) is 3.97. The van der Waals surface area contributed by atoms with Gasteiger partial charge in [0.05, 0.1) is 36.6 Å². The first-order valence-corrected chi connectivity index (χ1v) is 8.97. The van der Waals surface area contributed by atoms with E-state index in [0.29, 0.717) is 33.9 Å². The highest BCUT2D eigenvalue weighted by molar-refractivity contribution is 6.07. The molecule has 9 nitrogen and oxygen atoms in total. The fourth-order valence-corrected chi connectivity index (χ4v) is 3.11. The van der Waals surface area contributed by atoms with Gasteiger partial charge in [0.2, 0.25) is 0 Å². The SMILES string of the molecule is COc1ccc2c(C(=O)N(C)Cc3nonc3C)cc(-c3cnn(C)c3)nc2c1. The van der Waals surface area contributed by atoms with Gasteiger partial charge in [-0.05, 0) is 25.1 Å². The van der Waals surface area contributed by atoms with Crippen LogP contribution >= 0.6 is 0 Å². The largest absolute Gasteiger partial charge is 0.497 e. The molecule has 1 aromatic carbocycles. The van der Waals surface area contributed by atoms with E-state index >= 15 is 0 Å². The first-order valence-electron chi connectivity index (χ1n) is 8.97. The molecule has 0 unspecified atom stereocenters. The van der Waals surface area contributed by atoms with Crippen LogP contribution in [0, 0.1) is 6.92 Å². The number of rotatable bonds is 5. The normalized spacial score (nSPS) is 11.0. The van der Waals surface area contributed by atoms with Crippen LogP contribution in [-0.4, -0.2) is 50.0 Å². The van der Waals surface area contributed by atoms with Gasteiger partial charge >= 0.3 is 0 Å². The number of nitrogens with zero attached hydrogens (tertiary/aromatic N) is 6. The van der Waals surface area contributed by atoms with E-state index in [1.54, 1.807) is 42.9 Å². The van der Waals surface area contributed by atoms with Crippen molar-refractivity contribution in [3.05, 3.63) is 53.6 Å². The minimum Gasteiger partial charge on any atom is -0.497 e. The lowest BCUT2D eigenvalue weighted by Crippen LogP contribution is -2.27. The molecular weight excluding hydrogens is 372 g/mol. The number of hydrogen-bond acceptors (Lipinski definition) is 7. The zero-order valence-corrected chi connectivity index (χ0v) is 16.6. The molecule has 0 saturated heterocycles. The van der Waals surface area contributed by atoms with Crippen molar-refractivity contribution in [1.82, 2.24) is 30.0 Å².